The van der Waals surface area contributed by atoms with Gasteiger partial charge in [-0.1, -0.05) is 0 Å². The molecule has 3 saturated heterocycles. The maximum absolute atomic E-state index is 12.9. The number of ether oxygens (including phenoxy) is 2. The predicted octanol–water partition coefficient (Wildman–Crippen LogP) is 1.42. The summed E-state index contributed by atoms with van der Waals surface area (Å²) >= 11 is 0. The van der Waals surface area contributed by atoms with Gasteiger partial charge in [-0.3, -0.25) is 4.79 Å². The number of hydrogen-bond acceptors (Lipinski definition) is 6. The number of morpholine rings is 1. The molecule has 3 aliphatic rings. The summed E-state index contributed by atoms with van der Waals surface area (Å²) in [6.45, 7) is 5.16. The maximum Gasteiger partial charge on any atom is 0.253 e. The van der Waals surface area contributed by atoms with E-state index in [9.17, 15) is 13.2 Å². The van der Waals surface area contributed by atoms with E-state index in [0.717, 1.165) is 51.9 Å². The highest BCUT2D eigenvalue weighted by atomic mass is 32.2. The summed E-state index contributed by atoms with van der Waals surface area (Å²) in [4.78, 5) is 17.6. The van der Waals surface area contributed by atoms with Crippen molar-refractivity contribution in [3.8, 4) is 0 Å². The lowest BCUT2D eigenvalue weighted by Gasteiger charge is -2.41. The number of amides is 1. The quantitative estimate of drug-likeness (QED) is 0.674. The van der Waals surface area contributed by atoms with Crippen molar-refractivity contribution in [2.75, 3.05) is 59.6 Å². The Bertz CT molecular complexity index is 838. The molecule has 0 radical (unpaired) electrons. The van der Waals surface area contributed by atoms with Crippen LogP contribution in [-0.2, 0) is 19.5 Å². The van der Waals surface area contributed by atoms with Crippen molar-refractivity contribution in [2.24, 2.45) is 0 Å². The number of sulfonamides is 1. The number of carbonyl (C=O) groups excluding carboxylic acids is 1. The van der Waals surface area contributed by atoms with Crippen molar-refractivity contribution >= 4 is 15.9 Å². The first kappa shape index (κ1) is 22.7. The number of benzene rings is 1. The first-order chi connectivity index (χ1) is 15.0. The van der Waals surface area contributed by atoms with E-state index in [1.165, 1.54) is 4.31 Å². The average molecular weight is 452 g/mol. The molecule has 3 fully saturated rings. The summed E-state index contributed by atoms with van der Waals surface area (Å²) in [7, 11) is -1.75. The molecule has 1 amide bonds. The van der Waals surface area contributed by atoms with E-state index in [2.05, 4.69) is 4.90 Å². The van der Waals surface area contributed by atoms with E-state index in [-0.39, 0.29) is 10.8 Å². The largest absolute Gasteiger partial charge is 0.381 e. The molecule has 3 heterocycles. The minimum absolute atomic E-state index is 0.0214. The van der Waals surface area contributed by atoms with Gasteiger partial charge in [-0.15, -0.1) is 0 Å². The van der Waals surface area contributed by atoms with Gasteiger partial charge in [-0.05, 0) is 49.9 Å². The second-order valence-electron chi connectivity index (χ2n) is 8.54. The molecule has 0 atom stereocenters. The van der Waals surface area contributed by atoms with Gasteiger partial charge in [0.2, 0.25) is 10.0 Å². The summed E-state index contributed by atoms with van der Waals surface area (Å²) in [5.41, 5.74) is 0.542. The van der Waals surface area contributed by atoms with Crippen molar-refractivity contribution in [1.82, 2.24) is 14.1 Å². The van der Waals surface area contributed by atoms with Crippen molar-refractivity contribution in [1.29, 1.82) is 0 Å². The van der Waals surface area contributed by atoms with Crippen molar-refractivity contribution < 1.29 is 22.7 Å². The highest BCUT2D eigenvalue weighted by molar-refractivity contribution is 7.89. The monoisotopic (exact) mass is 451 g/mol. The van der Waals surface area contributed by atoms with Crippen LogP contribution in [0.5, 0.6) is 0 Å². The number of hydrogen-bond donors (Lipinski definition) is 0. The molecule has 8 nitrogen and oxygen atoms in total. The lowest BCUT2D eigenvalue weighted by atomic mass is 9.98. The maximum atomic E-state index is 12.9. The number of nitrogens with zero attached hydrogens (tertiary/aromatic N) is 3. The molecule has 0 saturated carbocycles. The average Bonchev–Trinajstić information content (AvgIpc) is 2.84. The normalized spacial score (nSPS) is 23.2. The van der Waals surface area contributed by atoms with Crippen LogP contribution in [0.15, 0.2) is 29.2 Å². The van der Waals surface area contributed by atoms with Crippen molar-refractivity contribution in [3.63, 3.8) is 0 Å². The Morgan fingerprint density at radius 1 is 0.935 bits per heavy atom. The summed E-state index contributed by atoms with van der Waals surface area (Å²) < 4.78 is 37.7. The Hall–Kier alpha value is -1.52. The van der Waals surface area contributed by atoms with Gasteiger partial charge in [0.25, 0.3) is 5.91 Å². The SMILES string of the molecule is COC1CCN(C2CCN(C(=O)c3ccc(S(=O)(=O)N4CCOCC4)cc3)CC2)CC1. The Labute approximate surface area is 185 Å². The van der Waals surface area contributed by atoms with Crippen LogP contribution in [0.25, 0.3) is 0 Å². The molecule has 9 heteroatoms. The van der Waals surface area contributed by atoms with Gasteiger partial charge in [0.05, 0.1) is 24.2 Å². The zero-order valence-corrected chi connectivity index (χ0v) is 19.1. The fourth-order valence-corrected chi connectivity index (χ4v) is 6.21. The van der Waals surface area contributed by atoms with E-state index < -0.39 is 10.0 Å². The van der Waals surface area contributed by atoms with E-state index in [4.69, 9.17) is 9.47 Å². The lowest BCUT2D eigenvalue weighted by molar-refractivity contribution is 0.0145. The smallest absolute Gasteiger partial charge is 0.253 e. The molecule has 4 rings (SSSR count). The number of carbonyl (C=O) groups is 1. The molecule has 0 aliphatic carbocycles. The molecule has 31 heavy (non-hydrogen) atoms. The fourth-order valence-electron chi connectivity index (χ4n) is 4.80. The van der Waals surface area contributed by atoms with Crippen LogP contribution in [0.3, 0.4) is 0 Å². The third-order valence-corrected chi connectivity index (χ3v) is 8.70. The molecular weight excluding hydrogens is 418 g/mol. The Kier molecular flexibility index (Phi) is 7.28. The van der Waals surface area contributed by atoms with Gasteiger partial charge in [0.15, 0.2) is 0 Å². The predicted molar refractivity (Wildman–Crippen MR) is 117 cm³/mol. The molecule has 172 valence electrons. The lowest BCUT2D eigenvalue weighted by Crippen LogP contribution is -2.49. The molecule has 3 aliphatic heterocycles. The summed E-state index contributed by atoms with van der Waals surface area (Å²) in [5, 5.41) is 0. The first-order valence-electron chi connectivity index (χ1n) is 11.2. The van der Waals surface area contributed by atoms with Gasteiger partial charge in [-0.2, -0.15) is 4.31 Å². The fraction of sp³-hybridized carbons (Fsp3) is 0.682. The van der Waals surface area contributed by atoms with Crippen LogP contribution in [0.2, 0.25) is 0 Å². The topological polar surface area (TPSA) is 79.4 Å². The zero-order valence-electron chi connectivity index (χ0n) is 18.2. The number of likely N-dealkylation sites (tertiary alicyclic amines) is 2. The van der Waals surface area contributed by atoms with E-state index >= 15 is 0 Å². The van der Waals surface area contributed by atoms with Crippen LogP contribution < -0.4 is 0 Å². The van der Waals surface area contributed by atoms with Gasteiger partial charge in [-0.25, -0.2) is 8.42 Å². The van der Waals surface area contributed by atoms with Gasteiger partial charge in [0, 0.05) is 58.0 Å². The highest BCUT2D eigenvalue weighted by Gasteiger charge is 2.30. The second kappa shape index (κ2) is 9.95. The molecule has 0 bridgehead atoms. The zero-order chi connectivity index (χ0) is 21.8. The first-order valence-corrected chi connectivity index (χ1v) is 12.7. The highest BCUT2D eigenvalue weighted by Crippen LogP contribution is 2.24. The van der Waals surface area contributed by atoms with E-state index in [1.807, 2.05) is 4.90 Å². The molecule has 1 aromatic carbocycles. The van der Waals surface area contributed by atoms with Crippen LogP contribution >= 0.6 is 0 Å². The minimum atomic E-state index is -3.54. The molecule has 0 aromatic heterocycles. The van der Waals surface area contributed by atoms with Gasteiger partial charge < -0.3 is 19.3 Å². The van der Waals surface area contributed by atoms with Crippen LogP contribution in [0.1, 0.15) is 36.0 Å². The Morgan fingerprint density at radius 2 is 1.55 bits per heavy atom. The molecular formula is C22H33N3O5S. The summed E-state index contributed by atoms with van der Waals surface area (Å²) in [5.74, 6) is -0.0214. The molecule has 0 unspecified atom stereocenters. The molecule has 1 aromatic rings. The van der Waals surface area contributed by atoms with Crippen molar-refractivity contribution in [2.45, 2.75) is 42.7 Å². The summed E-state index contributed by atoms with van der Waals surface area (Å²) in [6.07, 6.45) is 4.50. The molecule has 0 N–H and O–H groups in total. The van der Waals surface area contributed by atoms with Gasteiger partial charge in [0.1, 0.15) is 0 Å². The standard InChI is InChI=1S/C22H33N3O5S/c1-29-20-8-12-23(13-9-20)19-6-10-24(11-7-19)22(26)18-2-4-21(5-3-18)31(27,28)25-14-16-30-17-15-25/h2-5,19-20H,6-17H2,1H3. The van der Waals surface area contributed by atoms with Crippen molar-refractivity contribution in [3.05, 3.63) is 29.8 Å². The number of piperidine rings is 2. The number of methoxy groups -OCH3 is 1. The van der Waals surface area contributed by atoms with E-state index in [0.29, 0.717) is 44.0 Å². The van der Waals surface area contributed by atoms with Crippen LogP contribution in [0.4, 0.5) is 0 Å². The van der Waals surface area contributed by atoms with Gasteiger partial charge >= 0.3 is 0 Å². The number of rotatable bonds is 5. The summed E-state index contributed by atoms with van der Waals surface area (Å²) in [6, 6.07) is 6.90. The second-order valence-corrected chi connectivity index (χ2v) is 10.5. The third kappa shape index (κ3) is 5.12. The van der Waals surface area contributed by atoms with E-state index in [1.54, 1.807) is 31.4 Å². The van der Waals surface area contributed by atoms with Crippen LogP contribution in [-0.4, -0.2) is 100 Å². The Morgan fingerprint density at radius 3 is 2.13 bits per heavy atom. The Balaban J connectivity index is 1.32. The van der Waals surface area contributed by atoms with Crippen LogP contribution in [0, 0.1) is 0 Å². The molecule has 0 spiro atoms. The third-order valence-electron chi connectivity index (χ3n) is 6.79. The minimum Gasteiger partial charge on any atom is -0.381 e.